The number of rotatable bonds is 7. The second-order valence-corrected chi connectivity index (χ2v) is 4.35. The highest BCUT2D eigenvalue weighted by molar-refractivity contribution is 5.43. The van der Waals surface area contributed by atoms with Gasteiger partial charge in [-0.1, -0.05) is 30.3 Å². The number of nitrogens with zero attached hydrogens (tertiary/aromatic N) is 1. The van der Waals surface area contributed by atoms with Crippen LogP contribution in [0.2, 0.25) is 0 Å². The topological polar surface area (TPSA) is 87.6 Å². The average molecular weight is 288 g/mol. The van der Waals surface area contributed by atoms with Gasteiger partial charge < -0.3 is 15.2 Å². The van der Waals surface area contributed by atoms with Crippen LogP contribution in [0, 0.1) is 10.1 Å². The Hall–Kier alpha value is -2.44. The van der Waals surface area contributed by atoms with Gasteiger partial charge in [-0.2, -0.15) is 0 Å². The zero-order chi connectivity index (χ0) is 15.1. The van der Waals surface area contributed by atoms with E-state index in [9.17, 15) is 10.1 Å². The Morgan fingerprint density at radius 3 is 2.57 bits per heavy atom. The molecule has 0 aromatic heterocycles. The van der Waals surface area contributed by atoms with Crippen molar-refractivity contribution in [3.8, 4) is 5.75 Å². The number of benzene rings is 2. The summed E-state index contributed by atoms with van der Waals surface area (Å²) in [6, 6.07) is 14.0. The average Bonchev–Trinajstić information content (AvgIpc) is 2.52. The normalized spacial score (nSPS) is 10.3. The molecule has 2 rings (SSSR count). The van der Waals surface area contributed by atoms with Gasteiger partial charge in [0.15, 0.2) is 6.79 Å². The summed E-state index contributed by atoms with van der Waals surface area (Å²) in [5.41, 5.74) is 7.19. The monoisotopic (exact) mass is 288 g/mol. The van der Waals surface area contributed by atoms with E-state index in [2.05, 4.69) is 0 Å². The number of hydrogen-bond donors (Lipinski definition) is 1. The molecule has 0 amide bonds. The summed E-state index contributed by atoms with van der Waals surface area (Å²) in [6.07, 6.45) is 0. The number of ether oxygens (including phenoxy) is 2. The van der Waals surface area contributed by atoms with Crippen molar-refractivity contribution < 1.29 is 14.4 Å². The van der Waals surface area contributed by atoms with Crippen LogP contribution in [-0.4, -0.2) is 11.7 Å². The Balaban J connectivity index is 1.89. The van der Waals surface area contributed by atoms with Crippen LogP contribution in [0.5, 0.6) is 5.75 Å². The Morgan fingerprint density at radius 2 is 1.90 bits per heavy atom. The van der Waals surface area contributed by atoms with Crippen molar-refractivity contribution in [2.24, 2.45) is 5.73 Å². The second kappa shape index (κ2) is 7.37. The maximum Gasteiger partial charge on any atom is 0.270 e. The van der Waals surface area contributed by atoms with Crippen molar-refractivity contribution in [2.75, 3.05) is 6.79 Å². The molecule has 2 aromatic carbocycles. The van der Waals surface area contributed by atoms with Crippen LogP contribution in [0.25, 0.3) is 0 Å². The number of non-ortho nitro benzene ring substituents is 1. The lowest BCUT2D eigenvalue weighted by Crippen LogP contribution is -2.07. The standard InChI is InChI=1S/C15H16N2O4/c16-9-13-8-14(17(18)19)6-7-15(13)21-11-20-10-12-4-2-1-3-5-12/h1-8H,9-11,16H2. The summed E-state index contributed by atoms with van der Waals surface area (Å²) >= 11 is 0. The SMILES string of the molecule is NCc1cc([N+](=O)[O-])ccc1OCOCc1ccccc1. The zero-order valence-electron chi connectivity index (χ0n) is 11.4. The summed E-state index contributed by atoms with van der Waals surface area (Å²) in [5.74, 6) is 0.496. The molecule has 2 aromatic rings. The van der Waals surface area contributed by atoms with Crippen molar-refractivity contribution >= 4 is 5.69 Å². The molecule has 0 aliphatic rings. The quantitative estimate of drug-likeness (QED) is 0.366. The first-order valence-electron chi connectivity index (χ1n) is 6.42. The van der Waals surface area contributed by atoms with Crippen LogP contribution in [0.3, 0.4) is 0 Å². The number of hydrogen-bond acceptors (Lipinski definition) is 5. The van der Waals surface area contributed by atoms with Crippen LogP contribution in [0.15, 0.2) is 48.5 Å². The number of nitrogens with two attached hydrogens (primary N) is 1. The van der Waals surface area contributed by atoms with E-state index < -0.39 is 4.92 Å². The summed E-state index contributed by atoms with van der Waals surface area (Å²) in [7, 11) is 0. The fourth-order valence-corrected chi connectivity index (χ4v) is 1.82. The third-order valence-electron chi connectivity index (χ3n) is 2.88. The van der Waals surface area contributed by atoms with E-state index in [1.807, 2.05) is 30.3 Å². The maximum atomic E-state index is 10.7. The first kappa shape index (κ1) is 15.0. The molecule has 0 aliphatic heterocycles. The largest absolute Gasteiger partial charge is 0.467 e. The molecule has 0 saturated heterocycles. The summed E-state index contributed by atoms with van der Waals surface area (Å²) in [5, 5.41) is 10.7. The minimum absolute atomic E-state index is 0.00648. The molecule has 6 heteroatoms. The van der Waals surface area contributed by atoms with E-state index in [1.165, 1.54) is 18.2 Å². The molecule has 0 unspecified atom stereocenters. The van der Waals surface area contributed by atoms with Crippen LogP contribution in [0.4, 0.5) is 5.69 Å². The number of nitro groups is 1. The molecule has 0 bridgehead atoms. The second-order valence-electron chi connectivity index (χ2n) is 4.35. The molecule has 0 spiro atoms. The van der Waals surface area contributed by atoms with E-state index in [0.29, 0.717) is 17.9 Å². The van der Waals surface area contributed by atoms with Gasteiger partial charge in [0.1, 0.15) is 5.75 Å². The lowest BCUT2D eigenvalue weighted by molar-refractivity contribution is -0.384. The molecule has 0 fully saturated rings. The van der Waals surface area contributed by atoms with Crippen LogP contribution in [-0.2, 0) is 17.9 Å². The van der Waals surface area contributed by atoms with Gasteiger partial charge in [-0.3, -0.25) is 10.1 Å². The smallest absolute Gasteiger partial charge is 0.270 e. The fourth-order valence-electron chi connectivity index (χ4n) is 1.82. The van der Waals surface area contributed by atoms with E-state index in [-0.39, 0.29) is 19.0 Å². The molecule has 2 N–H and O–H groups in total. The van der Waals surface area contributed by atoms with Gasteiger partial charge in [0.2, 0.25) is 0 Å². The predicted octanol–water partition coefficient (Wildman–Crippen LogP) is 2.61. The van der Waals surface area contributed by atoms with Crippen LogP contribution >= 0.6 is 0 Å². The number of nitro benzene ring substituents is 1. The highest BCUT2D eigenvalue weighted by atomic mass is 16.7. The molecular formula is C15H16N2O4. The predicted molar refractivity (Wildman–Crippen MR) is 77.7 cm³/mol. The first-order valence-corrected chi connectivity index (χ1v) is 6.42. The van der Waals surface area contributed by atoms with Gasteiger partial charge in [0, 0.05) is 24.2 Å². The molecule has 21 heavy (non-hydrogen) atoms. The van der Waals surface area contributed by atoms with Crippen LogP contribution in [0.1, 0.15) is 11.1 Å². The molecule has 0 radical (unpaired) electrons. The lowest BCUT2D eigenvalue weighted by atomic mass is 10.2. The van der Waals surface area contributed by atoms with Gasteiger partial charge in [0.25, 0.3) is 5.69 Å². The first-order chi connectivity index (χ1) is 10.2. The van der Waals surface area contributed by atoms with Crippen molar-refractivity contribution in [1.29, 1.82) is 0 Å². The van der Waals surface area contributed by atoms with Crippen molar-refractivity contribution in [2.45, 2.75) is 13.2 Å². The summed E-state index contributed by atoms with van der Waals surface area (Å²) in [4.78, 5) is 10.2. The van der Waals surface area contributed by atoms with Gasteiger partial charge in [-0.15, -0.1) is 0 Å². The Labute approximate surface area is 122 Å². The molecule has 0 heterocycles. The van der Waals surface area contributed by atoms with Gasteiger partial charge in [0.05, 0.1) is 11.5 Å². The fraction of sp³-hybridized carbons (Fsp3) is 0.200. The molecule has 6 nitrogen and oxygen atoms in total. The minimum atomic E-state index is -0.463. The van der Waals surface area contributed by atoms with Crippen molar-refractivity contribution in [3.63, 3.8) is 0 Å². The van der Waals surface area contributed by atoms with Crippen molar-refractivity contribution in [1.82, 2.24) is 0 Å². The molecule has 0 atom stereocenters. The van der Waals surface area contributed by atoms with Gasteiger partial charge in [-0.25, -0.2) is 0 Å². The molecule has 110 valence electrons. The van der Waals surface area contributed by atoms with Gasteiger partial charge >= 0.3 is 0 Å². The van der Waals surface area contributed by atoms with Crippen LogP contribution < -0.4 is 10.5 Å². The lowest BCUT2D eigenvalue weighted by Gasteiger charge is -2.10. The Bertz CT molecular complexity index is 602. The molecule has 0 saturated carbocycles. The Morgan fingerprint density at radius 1 is 1.14 bits per heavy atom. The van der Waals surface area contributed by atoms with E-state index >= 15 is 0 Å². The maximum absolute atomic E-state index is 10.7. The van der Waals surface area contributed by atoms with E-state index in [4.69, 9.17) is 15.2 Å². The van der Waals surface area contributed by atoms with E-state index in [1.54, 1.807) is 0 Å². The van der Waals surface area contributed by atoms with E-state index in [0.717, 1.165) is 5.56 Å². The summed E-state index contributed by atoms with van der Waals surface area (Å²) < 4.78 is 10.9. The third-order valence-corrected chi connectivity index (χ3v) is 2.88. The highest BCUT2D eigenvalue weighted by Gasteiger charge is 2.10. The third kappa shape index (κ3) is 4.27. The highest BCUT2D eigenvalue weighted by Crippen LogP contribution is 2.23. The zero-order valence-corrected chi connectivity index (χ0v) is 11.4. The Kier molecular flexibility index (Phi) is 5.25. The van der Waals surface area contributed by atoms with Crippen molar-refractivity contribution in [3.05, 3.63) is 69.8 Å². The molecular weight excluding hydrogens is 272 g/mol. The minimum Gasteiger partial charge on any atom is -0.467 e. The van der Waals surface area contributed by atoms with Gasteiger partial charge in [-0.05, 0) is 11.6 Å². The summed E-state index contributed by atoms with van der Waals surface area (Å²) in [6.45, 7) is 0.654. The molecule has 0 aliphatic carbocycles.